The molecule has 0 fully saturated rings. The minimum Gasteiger partial charge on any atom is -0.497 e. The van der Waals surface area contributed by atoms with Gasteiger partial charge in [-0.15, -0.1) is 11.3 Å². The summed E-state index contributed by atoms with van der Waals surface area (Å²) in [5, 5.41) is 5.71. The van der Waals surface area contributed by atoms with Crippen molar-refractivity contribution in [3.05, 3.63) is 34.7 Å². The first-order valence-corrected chi connectivity index (χ1v) is 6.96. The molecule has 0 saturated heterocycles. The molecule has 1 amide bonds. The number of benzene rings is 1. The van der Waals surface area contributed by atoms with Crippen LogP contribution >= 0.6 is 11.3 Å². The minimum absolute atomic E-state index is 0.0399. The molecule has 0 radical (unpaired) electrons. The van der Waals surface area contributed by atoms with Crippen LogP contribution in [0.2, 0.25) is 0 Å². The molecular formula is C14H16N2O2S. The second kappa shape index (κ2) is 6.33. The average molecular weight is 276 g/mol. The Morgan fingerprint density at radius 1 is 1.47 bits per heavy atom. The van der Waals surface area contributed by atoms with Crippen molar-refractivity contribution in [2.75, 3.05) is 7.11 Å². The molecule has 1 aromatic carbocycles. The van der Waals surface area contributed by atoms with Crippen LogP contribution in [0.15, 0.2) is 29.6 Å². The van der Waals surface area contributed by atoms with Gasteiger partial charge in [-0.2, -0.15) is 0 Å². The molecule has 4 nitrogen and oxygen atoms in total. The van der Waals surface area contributed by atoms with Gasteiger partial charge in [0.15, 0.2) is 0 Å². The van der Waals surface area contributed by atoms with Crippen LogP contribution in [0.1, 0.15) is 18.4 Å². The summed E-state index contributed by atoms with van der Waals surface area (Å²) in [6, 6.07) is 7.78. The lowest BCUT2D eigenvalue weighted by atomic mass is 10.2. The number of hydrogen-bond donors (Lipinski definition) is 1. The number of carbonyl (C=O) groups excluding carboxylic acids is 1. The number of ether oxygens (including phenoxy) is 1. The second-order valence-electron chi connectivity index (χ2n) is 3.99. The number of hydrogen-bond acceptors (Lipinski definition) is 4. The second-order valence-corrected chi connectivity index (χ2v) is 4.93. The third kappa shape index (κ3) is 3.54. The van der Waals surface area contributed by atoms with Gasteiger partial charge in [0, 0.05) is 17.4 Å². The number of rotatable bonds is 5. The molecule has 2 aromatic rings. The minimum atomic E-state index is 0.0399. The van der Waals surface area contributed by atoms with Gasteiger partial charge in [-0.25, -0.2) is 4.98 Å². The SMILES string of the molecule is CCC(=O)NCc1nc(-c2cccc(OC)c2)cs1. The van der Waals surface area contributed by atoms with Crippen LogP contribution in [0.4, 0.5) is 0 Å². The number of aromatic nitrogens is 1. The number of amides is 1. The summed E-state index contributed by atoms with van der Waals surface area (Å²) in [7, 11) is 1.64. The van der Waals surface area contributed by atoms with Gasteiger partial charge < -0.3 is 10.1 Å². The predicted molar refractivity (Wildman–Crippen MR) is 76.2 cm³/mol. The molecule has 0 aliphatic carbocycles. The fourth-order valence-electron chi connectivity index (χ4n) is 1.61. The first kappa shape index (κ1) is 13.5. The van der Waals surface area contributed by atoms with Crippen LogP contribution in [0.3, 0.4) is 0 Å². The van der Waals surface area contributed by atoms with Crippen molar-refractivity contribution in [1.82, 2.24) is 10.3 Å². The number of carbonyl (C=O) groups is 1. The molecule has 2 rings (SSSR count). The van der Waals surface area contributed by atoms with Crippen molar-refractivity contribution >= 4 is 17.2 Å². The molecule has 0 aliphatic heterocycles. The first-order valence-electron chi connectivity index (χ1n) is 6.08. The average Bonchev–Trinajstić information content (AvgIpc) is 2.93. The van der Waals surface area contributed by atoms with Gasteiger partial charge in [0.25, 0.3) is 0 Å². The fraction of sp³-hybridized carbons (Fsp3) is 0.286. The van der Waals surface area contributed by atoms with E-state index in [0.717, 1.165) is 22.0 Å². The molecule has 0 spiro atoms. The maximum atomic E-state index is 11.2. The van der Waals surface area contributed by atoms with Crippen LogP contribution in [0.25, 0.3) is 11.3 Å². The molecule has 5 heteroatoms. The molecule has 1 aromatic heterocycles. The Balaban J connectivity index is 2.09. The summed E-state index contributed by atoms with van der Waals surface area (Å²) in [4.78, 5) is 15.7. The van der Waals surface area contributed by atoms with E-state index in [0.29, 0.717) is 13.0 Å². The molecule has 0 unspecified atom stereocenters. The van der Waals surface area contributed by atoms with Crippen molar-refractivity contribution in [2.45, 2.75) is 19.9 Å². The van der Waals surface area contributed by atoms with Gasteiger partial charge in [0.1, 0.15) is 10.8 Å². The fourth-order valence-corrected chi connectivity index (χ4v) is 2.35. The maximum absolute atomic E-state index is 11.2. The quantitative estimate of drug-likeness (QED) is 0.913. The van der Waals surface area contributed by atoms with E-state index in [-0.39, 0.29) is 5.91 Å². The lowest BCUT2D eigenvalue weighted by Gasteiger charge is -2.02. The number of thiazole rings is 1. The summed E-state index contributed by atoms with van der Waals surface area (Å²) in [5.74, 6) is 0.851. The highest BCUT2D eigenvalue weighted by molar-refractivity contribution is 7.09. The Morgan fingerprint density at radius 3 is 3.05 bits per heavy atom. The summed E-state index contributed by atoms with van der Waals surface area (Å²) < 4.78 is 5.20. The number of methoxy groups -OCH3 is 1. The molecule has 0 aliphatic rings. The monoisotopic (exact) mass is 276 g/mol. The Morgan fingerprint density at radius 2 is 2.32 bits per heavy atom. The van der Waals surface area contributed by atoms with Gasteiger partial charge in [-0.05, 0) is 12.1 Å². The van der Waals surface area contributed by atoms with E-state index in [9.17, 15) is 4.79 Å². The molecule has 100 valence electrons. The smallest absolute Gasteiger partial charge is 0.220 e. The Bertz CT molecular complexity index is 566. The highest BCUT2D eigenvalue weighted by Crippen LogP contribution is 2.25. The van der Waals surface area contributed by atoms with Crippen molar-refractivity contribution in [3.63, 3.8) is 0 Å². The van der Waals surface area contributed by atoms with Crippen LogP contribution in [-0.2, 0) is 11.3 Å². The summed E-state index contributed by atoms with van der Waals surface area (Å²) >= 11 is 1.54. The third-order valence-corrected chi connectivity index (χ3v) is 3.52. The van der Waals surface area contributed by atoms with Crippen molar-refractivity contribution in [3.8, 4) is 17.0 Å². The molecule has 0 bridgehead atoms. The molecule has 19 heavy (non-hydrogen) atoms. The van der Waals surface area contributed by atoms with E-state index < -0.39 is 0 Å². The molecule has 0 atom stereocenters. The molecule has 1 N–H and O–H groups in total. The Hall–Kier alpha value is -1.88. The van der Waals surface area contributed by atoms with Gasteiger partial charge in [0.2, 0.25) is 5.91 Å². The van der Waals surface area contributed by atoms with E-state index in [4.69, 9.17) is 4.74 Å². The predicted octanol–water partition coefficient (Wildman–Crippen LogP) is 2.84. The summed E-state index contributed by atoms with van der Waals surface area (Å²) in [6.45, 7) is 2.32. The van der Waals surface area contributed by atoms with Crippen LogP contribution in [0, 0.1) is 0 Å². The van der Waals surface area contributed by atoms with Gasteiger partial charge in [0.05, 0.1) is 19.3 Å². The Labute approximate surface area is 116 Å². The van der Waals surface area contributed by atoms with Crippen molar-refractivity contribution < 1.29 is 9.53 Å². The largest absolute Gasteiger partial charge is 0.497 e. The van der Waals surface area contributed by atoms with E-state index >= 15 is 0 Å². The van der Waals surface area contributed by atoms with Crippen LogP contribution in [-0.4, -0.2) is 18.0 Å². The molecular weight excluding hydrogens is 260 g/mol. The lowest BCUT2D eigenvalue weighted by Crippen LogP contribution is -2.21. The normalized spacial score (nSPS) is 10.2. The van der Waals surface area contributed by atoms with Gasteiger partial charge in [-0.3, -0.25) is 4.79 Å². The van der Waals surface area contributed by atoms with E-state index in [1.807, 2.05) is 36.6 Å². The zero-order chi connectivity index (χ0) is 13.7. The number of nitrogens with zero attached hydrogens (tertiary/aromatic N) is 1. The zero-order valence-corrected chi connectivity index (χ0v) is 11.8. The zero-order valence-electron chi connectivity index (χ0n) is 11.0. The standard InChI is InChI=1S/C14H16N2O2S/c1-3-13(17)15-8-14-16-12(9-19-14)10-5-4-6-11(7-10)18-2/h4-7,9H,3,8H2,1-2H3,(H,15,17). The topological polar surface area (TPSA) is 51.2 Å². The van der Waals surface area contributed by atoms with Crippen LogP contribution < -0.4 is 10.1 Å². The highest BCUT2D eigenvalue weighted by atomic mass is 32.1. The third-order valence-electron chi connectivity index (χ3n) is 2.68. The maximum Gasteiger partial charge on any atom is 0.220 e. The first-order chi connectivity index (χ1) is 9.22. The van der Waals surface area contributed by atoms with Crippen LogP contribution in [0.5, 0.6) is 5.75 Å². The summed E-state index contributed by atoms with van der Waals surface area (Å²) in [5.41, 5.74) is 1.92. The van der Waals surface area contributed by atoms with E-state index in [2.05, 4.69) is 10.3 Å². The Kier molecular flexibility index (Phi) is 4.52. The van der Waals surface area contributed by atoms with E-state index in [1.165, 1.54) is 0 Å². The lowest BCUT2D eigenvalue weighted by molar-refractivity contribution is -0.120. The van der Waals surface area contributed by atoms with Crippen molar-refractivity contribution in [1.29, 1.82) is 0 Å². The van der Waals surface area contributed by atoms with Gasteiger partial charge in [-0.1, -0.05) is 19.1 Å². The van der Waals surface area contributed by atoms with Gasteiger partial charge >= 0.3 is 0 Å². The molecule has 0 saturated carbocycles. The number of nitrogens with one attached hydrogen (secondary N) is 1. The van der Waals surface area contributed by atoms with Crippen molar-refractivity contribution in [2.24, 2.45) is 0 Å². The van der Waals surface area contributed by atoms with E-state index in [1.54, 1.807) is 18.4 Å². The molecule has 1 heterocycles. The summed E-state index contributed by atoms with van der Waals surface area (Å²) in [6.07, 6.45) is 0.494. The highest BCUT2D eigenvalue weighted by Gasteiger charge is 2.06.